The van der Waals surface area contributed by atoms with Gasteiger partial charge in [-0.05, 0) is 24.1 Å². The van der Waals surface area contributed by atoms with Gasteiger partial charge in [-0.1, -0.05) is 35.0 Å². The number of amides is 1. The van der Waals surface area contributed by atoms with Crippen LogP contribution >= 0.6 is 27.3 Å². The fraction of sp³-hybridized carbons (Fsp3) is 0.231. The molecule has 1 heterocycles. The molecule has 1 N–H and O–H groups in total. The molecule has 2 aromatic rings. The molecule has 1 aromatic heterocycles. The zero-order valence-corrected chi connectivity index (χ0v) is 12.3. The largest absolute Gasteiger partial charge is 0.345 e. The van der Waals surface area contributed by atoms with E-state index in [1.807, 2.05) is 24.3 Å². The van der Waals surface area contributed by atoms with Gasteiger partial charge >= 0.3 is 0 Å². The van der Waals surface area contributed by atoms with E-state index in [0.29, 0.717) is 4.88 Å². The molecule has 0 fully saturated rings. The van der Waals surface area contributed by atoms with Crippen molar-refractivity contribution >= 4 is 33.2 Å². The van der Waals surface area contributed by atoms with Crippen LogP contribution in [0.25, 0.3) is 0 Å². The monoisotopic (exact) mass is 324 g/mol. The van der Waals surface area contributed by atoms with Crippen molar-refractivity contribution < 1.29 is 4.79 Å². The third-order valence-corrected chi connectivity index (χ3v) is 3.94. The summed E-state index contributed by atoms with van der Waals surface area (Å²) in [6, 6.07) is 8.04. The first-order valence-corrected chi connectivity index (χ1v) is 7.32. The molecule has 3 nitrogen and oxygen atoms in total. The maximum atomic E-state index is 12.0. The molecular weight excluding hydrogens is 312 g/mol. The first-order chi connectivity index (χ1) is 8.70. The van der Waals surface area contributed by atoms with Crippen molar-refractivity contribution in [2.75, 3.05) is 0 Å². The van der Waals surface area contributed by atoms with Crippen LogP contribution in [0.2, 0.25) is 0 Å². The van der Waals surface area contributed by atoms with Gasteiger partial charge < -0.3 is 5.32 Å². The number of aromatic nitrogens is 1. The number of nitrogens with zero attached hydrogens (tertiary/aromatic N) is 1. The number of halogens is 1. The zero-order valence-electron chi connectivity index (χ0n) is 9.89. The number of hydrogen-bond acceptors (Lipinski definition) is 3. The van der Waals surface area contributed by atoms with Gasteiger partial charge in [0.15, 0.2) is 0 Å². The predicted octanol–water partition coefficient (Wildman–Crippen LogP) is 3.79. The first-order valence-electron chi connectivity index (χ1n) is 5.65. The maximum Gasteiger partial charge on any atom is 0.263 e. The Balaban J connectivity index is 2.10. The summed E-state index contributed by atoms with van der Waals surface area (Å²) in [6.45, 7) is 2.06. The lowest BCUT2D eigenvalue weighted by molar-refractivity contribution is 0.0939. The minimum atomic E-state index is -0.0627. The fourth-order valence-electron chi connectivity index (χ4n) is 1.67. The molecule has 94 valence electrons. The maximum absolute atomic E-state index is 12.0. The van der Waals surface area contributed by atoms with Gasteiger partial charge in [0, 0.05) is 4.47 Å². The fourth-order valence-corrected chi connectivity index (χ4v) is 2.46. The predicted molar refractivity (Wildman–Crippen MR) is 76.8 cm³/mol. The summed E-state index contributed by atoms with van der Waals surface area (Å²) in [6.07, 6.45) is 2.44. The lowest BCUT2D eigenvalue weighted by Crippen LogP contribution is -2.27. The highest BCUT2D eigenvalue weighted by atomic mass is 79.9. The average Bonchev–Trinajstić information content (AvgIpc) is 2.91. The Bertz CT molecular complexity index is 510. The summed E-state index contributed by atoms with van der Waals surface area (Å²) >= 11 is 4.76. The van der Waals surface area contributed by atoms with Gasteiger partial charge in [-0.25, -0.2) is 0 Å². The van der Waals surface area contributed by atoms with E-state index in [4.69, 9.17) is 0 Å². The zero-order chi connectivity index (χ0) is 13.0. The first kappa shape index (κ1) is 13.2. The van der Waals surface area contributed by atoms with Crippen molar-refractivity contribution in [3.8, 4) is 0 Å². The molecule has 0 saturated heterocycles. The molecule has 0 aliphatic heterocycles. The molecule has 0 saturated carbocycles. The third-order valence-electron chi connectivity index (χ3n) is 2.64. The van der Waals surface area contributed by atoms with E-state index in [1.165, 1.54) is 11.3 Å². The molecule has 18 heavy (non-hydrogen) atoms. The summed E-state index contributed by atoms with van der Waals surface area (Å²) in [5.74, 6) is -0.0627. The van der Waals surface area contributed by atoms with Gasteiger partial charge in [0.1, 0.15) is 4.88 Å². The Hall–Kier alpha value is -1.20. The smallest absolute Gasteiger partial charge is 0.263 e. The third kappa shape index (κ3) is 3.17. The van der Waals surface area contributed by atoms with Crippen molar-refractivity contribution in [3.05, 3.63) is 50.9 Å². The van der Waals surface area contributed by atoms with E-state index < -0.39 is 0 Å². The summed E-state index contributed by atoms with van der Waals surface area (Å²) in [5.41, 5.74) is 2.77. The van der Waals surface area contributed by atoms with Crippen molar-refractivity contribution in [2.45, 2.75) is 19.4 Å². The highest BCUT2D eigenvalue weighted by Crippen LogP contribution is 2.20. The summed E-state index contributed by atoms with van der Waals surface area (Å²) in [5, 5.41) is 3.02. The molecule has 1 unspecified atom stereocenters. The number of hydrogen-bond donors (Lipinski definition) is 1. The van der Waals surface area contributed by atoms with E-state index >= 15 is 0 Å². The minimum Gasteiger partial charge on any atom is -0.345 e. The second kappa shape index (κ2) is 6.11. The topological polar surface area (TPSA) is 42.0 Å². The number of nitrogens with one attached hydrogen (secondary N) is 1. The van der Waals surface area contributed by atoms with Crippen LogP contribution in [-0.2, 0) is 0 Å². The van der Waals surface area contributed by atoms with Gasteiger partial charge in [0.05, 0.1) is 17.7 Å². The van der Waals surface area contributed by atoms with Gasteiger partial charge in [-0.15, -0.1) is 11.3 Å². The van der Waals surface area contributed by atoms with Crippen LogP contribution in [0, 0.1) is 0 Å². The Kier molecular flexibility index (Phi) is 4.49. The second-order valence-corrected chi connectivity index (χ2v) is 5.65. The Labute approximate surface area is 118 Å². The Morgan fingerprint density at radius 2 is 2.17 bits per heavy atom. The van der Waals surface area contributed by atoms with Crippen LogP contribution in [0.1, 0.15) is 34.6 Å². The summed E-state index contributed by atoms with van der Waals surface area (Å²) < 4.78 is 1.04. The number of carbonyl (C=O) groups is 1. The summed E-state index contributed by atoms with van der Waals surface area (Å²) in [7, 11) is 0. The molecule has 1 amide bonds. The van der Waals surface area contributed by atoms with Crippen molar-refractivity contribution in [1.29, 1.82) is 0 Å². The van der Waals surface area contributed by atoms with E-state index in [9.17, 15) is 4.79 Å². The van der Waals surface area contributed by atoms with E-state index in [1.54, 1.807) is 11.7 Å². The SMILES string of the molecule is CCC(NC(=O)c1cncs1)c1ccc(Br)cc1. The van der Waals surface area contributed by atoms with Crippen molar-refractivity contribution in [1.82, 2.24) is 10.3 Å². The molecule has 1 atom stereocenters. The molecule has 0 aliphatic rings. The molecule has 5 heteroatoms. The van der Waals surface area contributed by atoms with Gasteiger partial charge in [-0.2, -0.15) is 0 Å². The van der Waals surface area contributed by atoms with Crippen LogP contribution in [0.15, 0.2) is 40.4 Å². The highest BCUT2D eigenvalue weighted by Gasteiger charge is 2.14. The normalized spacial score (nSPS) is 12.1. The van der Waals surface area contributed by atoms with E-state index in [2.05, 4.69) is 33.2 Å². The van der Waals surface area contributed by atoms with Crippen LogP contribution in [0.3, 0.4) is 0 Å². The quantitative estimate of drug-likeness (QED) is 0.929. The van der Waals surface area contributed by atoms with Crippen LogP contribution < -0.4 is 5.32 Å². The van der Waals surface area contributed by atoms with Gasteiger partial charge in [0.2, 0.25) is 0 Å². The van der Waals surface area contributed by atoms with Crippen molar-refractivity contribution in [2.24, 2.45) is 0 Å². The molecule has 1 aromatic carbocycles. The second-order valence-electron chi connectivity index (χ2n) is 3.85. The Morgan fingerprint density at radius 3 is 2.72 bits per heavy atom. The number of thiazole rings is 1. The highest BCUT2D eigenvalue weighted by molar-refractivity contribution is 9.10. The average molecular weight is 325 g/mol. The molecular formula is C13H13BrN2OS. The van der Waals surface area contributed by atoms with Gasteiger partial charge in [-0.3, -0.25) is 9.78 Å². The van der Waals surface area contributed by atoms with Crippen LogP contribution in [-0.4, -0.2) is 10.9 Å². The van der Waals surface area contributed by atoms with Gasteiger partial charge in [0.25, 0.3) is 5.91 Å². The number of carbonyl (C=O) groups excluding carboxylic acids is 1. The lowest BCUT2D eigenvalue weighted by atomic mass is 10.0. The molecule has 0 radical (unpaired) electrons. The molecule has 0 bridgehead atoms. The molecule has 0 spiro atoms. The molecule has 2 rings (SSSR count). The van der Waals surface area contributed by atoms with Crippen LogP contribution in [0.5, 0.6) is 0 Å². The number of rotatable bonds is 4. The van der Waals surface area contributed by atoms with E-state index in [-0.39, 0.29) is 11.9 Å². The standard InChI is InChI=1S/C13H13BrN2OS/c1-2-11(9-3-5-10(14)6-4-9)16-13(17)12-7-15-8-18-12/h3-8,11H,2H2,1H3,(H,16,17). The lowest BCUT2D eigenvalue weighted by Gasteiger charge is -2.16. The summed E-state index contributed by atoms with van der Waals surface area (Å²) in [4.78, 5) is 16.5. The minimum absolute atomic E-state index is 0.0349. The molecule has 0 aliphatic carbocycles. The Morgan fingerprint density at radius 1 is 1.44 bits per heavy atom. The number of benzene rings is 1. The van der Waals surface area contributed by atoms with Crippen LogP contribution in [0.4, 0.5) is 0 Å². The van der Waals surface area contributed by atoms with Crippen molar-refractivity contribution in [3.63, 3.8) is 0 Å². The van der Waals surface area contributed by atoms with E-state index in [0.717, 1.165) is 16.5 Å².